The van der Waals surface area contributed by atoms with Gasteiger partial charge >= 0.3 is 5.97 Å². The van der Waals surface area contributed by atoms with Crippen LogP contribution in [0.25, 0.3) is 0 Å². The molecule has 5 heteroatoms. The lowest BCUT2D eigenvalue weighted by molar-refractivity contribution is -0.145. The van der Waals surface area contributed by atoms with Crippen molar-refractivity contribution >= 4 is 17.7 Å². The molecule has 1 N–H and O–H groups in total. The smallest absolute Gasteiger partial charge is 0.323 e. The van der Waals surface area contributed by atoms with Crippen LogP contribution in [0.1, 0.15) is 13.3 Å². The number of nitrogens with zero attached hydrogens (tertiary/aromatic N) is 1. The molecular formula is C10H21NO3S. The molecule has 90 valence electrons. The fourth-order valence-electron chi connectivity index (χ4n) is 1.32. The maximum Gasteiger partial charge on any atom is 0.323 e. The largest absolute Gasteiger partial charge is 0.480 e. The van der Waals surface area contributed by atoms with Crippen LogP contribution >= 0.6 is 11.8 Å². The molecule has 0 aromatic carbocycles. The van der Waals surface area contributed by atoms with Gasteiger partial charge in [0, 0.05) is 13.2 Å². The highest BCUT2D eigenvalue weighted by molar-refractivity contribution is 7.98. The molecule has 0 aliphatic rings. The minimum Gasteiger partial charge on any atom is -0.480 e. The monoisotopic (exact) mass is 235 g/mol. The molecule has 0 saturated carbocycles. The molecule has 0 saturated heterocycles. The summed E-state index contributed by atoms with van der Waals surface area (Å²) in [5, 5.41) is 9.02. The summed E-state index contributed by atoms with van der Waals surface area (Å²) in [6.07, 6.45) is 3.04. The molecule has 0 radical (unpaired) electrons. The summed E-state index contributed by atoms with van der Waals surface area (Å²) in [6.45, 7) is 2.28. The second-order valence-corrected chi connectivity index (χ2v) is 4.59. The Labute approximate surface area is 96.0 Å². The first-order valence-corrected chi connectivity index (χ1v) is 6.36. The maximum absolute atomic E-state index is 11.0. The van der Waals surface area contributed by atoms with Gasteiger partial charge < -0.3 is 9.84 Å². The van der Waals surface area contributed by atoms with Crippen LogP contribution in [-0.4, -0.2) is 60.8 Å². The average molecular weight is 235 g/mol. The Morgan fingerprint density at radius 3 is 2.60 bits per heavy atom. The Morgan fingerprint density at radius 2 is 2.20 bits per heavy atom. The maximum atomic E-state index is 11.0. The molecule has 0 amide bonds. The van der Waals surface area contributed by atoms with Crippen LogP contribution in [0.2, 0.25) is 0 Å². The van der Waals surface area contributed by atoms with E-state index in [4.69, 9.17) is 9.84 Å². The summed E-state index contributed by atoms with van der Waals surface area (Å²) >= 11 is 1.78. The van der Waals surface area contributed by atoms with Crippen LogP contribution < -0.4 is 0 Å². The standard InChI is InChI=1S/C10H21NO3S/c1-8(5-6-15-4)11(2)9(7-14-3)10(12)13/h8-9H,5-7H2,1-4H3,(H,12,13). The molecule has 0 fully saturated rings. The summed E-state index contributed by atoms with van der Waals surface area (Å²) in [7, 11) is 3.36. The molecule has 0 aliphatic heterocycles. The van der Waals surface area contributed by atoms with Gasteiger partial charge in [-0.2, -0.15) is 11.8 Å². The first kappa shape index (κ1) is 14.7. The third-order valence-corrected chi connectivity index (χ3v) is 3.18. The van der Waals surface area contributed by atoms with E-state index < -0.39 is 12.0 Å². The molecule has 0 aliphatic carbocycles. The zero-order valence-corrected chi connectivity index (χ0v) is 10.7. The van der Waals surface area contributed by atoms with E-state index in [9.17, 15) is 4.79 Å². The van der Waals surface area contributed by atoms with Crippen LogP contribution in [0.4, 0.5) is 0 Å². The van der Waals surface area contributed by atoms with Gasteiger partial charge in [-0.15, -0.1) is 0 Å². The highest BCUT2D eigenvalue weighted by atomic mass is 32.2. The van der Waals surface area contributed by atoms with Crippen LogP contribution in [0, 0.1) is 0 Å². The van der Waals surface area contributed by atoms with E-state index in [1.54, 1.807) is 11.8 Å². The van der Waals surface area contributed by atoms with E-state index in [-0.39, 0.29) is 12.6 Å². The lowest BCUT2D eigenvalue weighted by Gasteiger charge is -2.29. The van der Waals surface area contributed by atoms with Gasteiger partial charge in [0.05, 0.1) is 6.61 Å². The molecule has 0 aromatic heterocycles. The Kier molecular flexibility index (Phi) is 7.82. The van der Waals surface area contributed by atoms with Crippen molar-refractivity contribution in [2.24, 2.45) is 0 Å². The van der Waals surface area contributed by atoms with Crippen LogP contribution in [0.15, 0.2) is 0 Å². The summed E-state index contributed by atoms with van der Waals surface area (Å²) < 4.78 is 4.91. The van der Waals surface area contributed by atoms with Gasteiger partial charge in [0.1, 0.15) is 6.04 Å². The number of ether oxygens (including phenoxy) is 1. The number of carboxylic acid groups (broad SMARTS) is 1. The van der Waals surface area contributed by atoms with E-state index in [1.807, 2.05) is 18.9 Å². The quantitative estimate of drug-likeness (QED) is 0.684. The minimum absolute atomic E-state index is 0.232. The zero-order chi connectivity index (χ0) is 11.8. The van der Waals surface area contributed by atoms with Crippen molar-refractivity contribution < 1.29 is 14.6 Å². The predicted octanol–water partition coefficient (Wildman–Crippen LogP) is 1.16. The lowest BCUT2D eigenvalue weighted by atomic mass is 10.1. The topological polar surface area (TPSA) is 49.8 Å². The number of rotatable bonds is 8. The second-order valence-electron chi connectivity index (χ2n) is 3.61. The third kappa shape index (κ3) is 5.39. The van der Waals surface area contributed by atoms with Crippen molar-refractivity contribution in [3.63, 3.8) is 0 Å². The lowest BCUT2D eigenvalue weighted by Crippen LogP contribution is -2.46. The fraction of sp³-hybridized carbons (Fsp3) is 0.900. The second kappa shape index (κ2) is 7.96. The molecule has 0 bridgehead atoms. The molecule has 15 heavy (non-hydrogen) atoms. The van der Waals surface area contributed by atoms with Crippen molar-refractivity contribution in [1.29, 1.82) is 0 Å². The molecule has 2 atom stereocenters. The van der Waals surface area contributed by atoms with Gasteiger partial charge in [0.15, 0.2) is 0 Å². The number of thioether (sulfide) groups is 1. The van der Waals surface area contributed by atoms with Gasteiger partial charge in [0.2, 0.25) is 0 Å². The Balaban J connectivity index is 4.21. The van der Waals surface area contributed by atoms with Crippen molar-refractivity contribution in [2.45, 2.75) is 25.4 Å². The number of hydrogen-bond acceptors (Lipinski definition) is 4. The highest BCUT2D eigenvalue weighted by Gasteiger charge is 2.25. The number of likely N-dealkylation sites (N-methyl/N-ethyl adjacent to an activating group) is 1. The predicted molar refractivity (Wildman–Crippen MR) is 63.5 cm³/mol. The molecule has 4 nitrogen and oxygen atoms in total. The van der Waals surface area contributed by atoms with Crippen molar-refractivity contribution in [3.8, 4) is 0 Å². The van der Waals surface area contributed by atoms with E-state index in [1.165, 1.54) is 7.11 Å². The molecule has 2 unspecified atom stereocenters. The van der Waals surface area contributed by atoms with Crippen molar-refractivity contribution in [3.05, 3.63) is 0 Å². The fourth-order valence-corrected chi connectivity index (χ4v) is 1.90. The first-order chi connectivity index (χ1) is 7.04. The number of carboxylic acids is 1. The van der Waals surface area contributed by atoms with E-state index in [2.05, 4.69) is 6.26 Å². The first-order valence-electron chi connectivity index (χ1n) is 4.97. The average Bonchev–Trinajstić information content (AvgIpc) is 2.21. The van der Waals surface area contributed by atoms with Gasteiger partial charge in [-0.3, -0.25) is 9.69 Å². The van der Waals surface area contributed by atoms with E-state index in [0.29, 0.717) is 0 Å². The SMILES string of the molecule is COCC(C(=O)O)N(C)C(C)CCSC. The normalized spacial score (nSPS) is 15.3. The molecule has 0 rings (SSSR count). The van der Waals surface area contributed by atoms with Crippen LogP contribution in [0.3, 0.4) is 0 Å². The van der Waals surface area contributed by atoms with Gasteiger partial charge in [-0.1, -0.05) is 0 Å². The molecule has 0 spiro atoms. The number of carbonyl (C=O) groups is 1. The Morgan fingerprint density at radius 1 is 1.60 bits per heavy atom. The molecular weight excluding hydrogens is 214 g/mol. The summed E-state index contributed by atoms with van der Waals surface area (Å²) in [5.74, 6) is 0.223. The number of methoxy groups -OCH3 is 1. The summed E-state index contributed by atoms with van der Waals surface area (Å²) in [6, 6.07) is -0.291. The van der Waals surface area contributed by atoms with E-state index >= 15 is 0 Å². The summed E-state index contributed by atoms with van der Waals surface area (Å²) in [4.78, 5) is 12.8. The summed E-state index contributed by atoms with van der Waals surface area (Å²) in [5.41, 5.74) is 0. The van der Waals surface area contributed by atoms with E-state index in [0.717, 1.165) is 12.2 Å². The van der Waals surface area contributed by atoms with Crippen LogP contribution in [0.5, 0.6) is 0 Å². The minimum atomic E-state index is -0.824. The van der Waals surface area contributed by atoms with Gasteiger partial charge in [-0.25, -0.2) is 0 Å². The Bertz CT molecular complexity index is 190. The van der Waals surface area contributed by atoms with Gasteiger partial charge in [-0.05, 0) is 32.4 Å². The van der Waals surface area contributed by atoms with Crippen LogP contribution in [-0.2, 0) is 9.53 Å². The van der Waals surface area contributed by atoms with Crippen molar-refractivity contribution in [1.82, 2.24) is 4.90 Å². The van der Waals surface area contributed by atoms with Crippen molar-refractivity contribution in [2.75, 3.05) is 32.8 Å². The Hall–Kier alpha value is -0.260. The molecule has 0 aromatic rings. The highest BCUT2D eigenvalue weighted by Crippen LogP contribution is 2.10. The zero-order valence-electron chi connectivity index (χ0n) is 9.90. The number of hydrogen-bond donors (Lipinski definition) is 1. The molecule has 0 heterocycles. The third-order valence-electron chi connectivity index (χ3n) is 2.54. The number of aliphatic carboxylic acids is 1. The van der Waals surface area contributed by atoms with Gasteiger partial charge in [0.25, 0.3) is 0 Å².